The van der Waals surface area contributed by atoms with Crippen LogP contribution in [0, 0.1) is 0 Å². The minimum absolute atomic E-state index is 0.164. The maximum atomic E-state index is 12.4. The lowest BCUT2D eigenvalue weighted by atomic mass is 10.2. The molecule has 1 aromatic heterocycles. The number of carbonyl (C=O) groups excluding carboxylic acids is 2. The van der Waals surface area contributed by atoms with E-state index >= 15 is 0 Å². The third-order valence-electron chi connectivity index (χ3n) is 4.40. The first-order chi connectivity index (χ1) is 15.5. The van der Waals surface area contributed by atoms with E-state index in [4.69, 9.17) is 21.1 Å². The molecule has 0 bridgehead atoms. The fourth-order valence-corrected chi connectivity index (χ4v) is 3.96. The Morgan fingerprint density at radius 3 is 2.50 bits per heavy atom. The van der Waals surface area contributed by atoms with E-state index in [1.165, 1.54) is 18.4 Å². The summed E-state index contributed by atoms with van der Waals surface area (Å²) in [7, 11) is 1.52. The largest absolute Gasteiger partial charge is 0.494 e. The normalized spacial score (nSPS) is 10.6. The number of amides is 2. The van der Waals surface area contributed by atoms with E-state index in [0.29, 0.717) is 38.4 Å². The minimum Gasteiger partial charge on any atom is -0.494 e. The molecule has 162 valence electrons. The third-order valence-corrected chi connectivity index (χ3v) is 5.57. The minimum atomic E-state index is -0.330. The van der Waals surface area contributed by atoms with E-state index in [-0.39, 0.29) is 18.4 Å². The molecule has 7 nitrogen and oxygen atoms in total. The summed E-state index contributed by atoms with van der Waals surface area (Å²) in [6.07, 6.45) is 0. The summed E-state index contributed by atoms with van der Waals surface area (Å²) in [5.74, 6) is 0.437. The molecule has 0 fully saturated rings. The zero-order chi connectivity index (χ0) is 22.5. The van der Waals surface area contributed by atoms with Crippen molar-refractivity contribution in [1.82, 2.24) is 4.98 Å². The van der Waals surface area contributed by atoms with Crippen molar-refractivity contribution in [2.45, 2.75) is 0 Å². The maximum Gasteiger partial charge on any atom is 0.262 e. The average molecular weight is 468 g/mol. The van der Waals surface area contributed by atoms with Gasteiger partial charge in [0.05, 0.1) is 11.8 Å². The Bertz CT molecular complexity index is 1260. The molecule has 32 heavy (non-hydrogen) atoms. The number of methoxy groups -OCH3 is 1. The fourth-order valence-electron chi connectivity index (χ4n) is 2.92. The summed E-state index contributed by atoms with van der Waals surface area (Å²) >= 11 is 7.13. The molecule has 0 unspecified atom stereocenters. The molecule has 0 atom stereocenters. The Morgan fingerprint density at radius 1 is 1.03 bits per heavy atom. The van der Waals surface area contributed by atoms with Crippen molar-refractivity contribution in [2.24, 2.45) is 0 Å². The number of rotatable bonds is 7. The van der Waals surface area contributed by atoms with Crippen LogP contribution in [0.15, 0.2) is 66.7 Å². The molecule has 0 aliphatic rings. The first-order valence-electron chi connectivity index (χ1n) is 9.55. The second-order valence-electron chi connectivity index (χ2n) is 6.66. The van der Waals surface area contributed by atoms with Gasteiger partial charge in [-0.05, 0) is 42.5 Å². The van der Waals surface area contributed by atoms with Gasteiger partial charge in [0.25, 0.3) is 11.8 Å². The molecule has 0 aliphatic heterocycles. The van der Waals surface area contributed by atoms with Crippen molar-refractivity contribution < 1.29 is 19.1 Å². The van der Waals surface area contributed by atoms with Crippen LogP contribution in [0.1, 0.15) is 10.4 Å². The zero-order valence-electron chi connectivity index (χ0n) is 16.9. The number of nitrogens with one attached hydrogen (secondary N) is 2. The smallest absolute Gasteiger partial charge is 0.262 e. The van der Waals surface area contributed by atoms with Crippen molar-refractivity contribution in [3.8, 4) is 11.5 Å². The lowest BCUT2D eigenvalue weighted by molar-refractivity contribution is -0.118. The summed E-state index contributed by atoms with van der Waals surface area (Å²) in [5.41, 5.74) is 1.66. The van der Waals surface area contributed by atoms with Crippen LogP contribution in [0.3, 0.4) is 0 Å². The van der Waals surface area contributed by atoms with Gasteiger partial charge in [-0.3, -0.25) is 14.9 Å². The van der Waals surface area contributed by atoms with E-state index in [9.17, 15) is 9.59 Å². The first-order valence-corrected chi connectivity index (χ1v) is 10.7. The van der Waals surface area contributed by atoms with Crippen molar-refractivity contribution in [3.05, 3.63) is 77.3 Å². The van der Waals surface area contributed by atoms with E-state index in [1.807, 2.05) is 6.07 Å². The number of hydrogen-bond donors (Lipinski definition) is 2. The van der Waals surface area contributed by atoms with Crippen molar-refractivity contribution in [1.29, 1.82) is 0 Å². The molecule has 2 N–H and O–H groups in total. The number of hydrogen-bond acceptors (Lipinski definition) is 6. The highest BCUT2D eigenvalue weighted by atomic mass is 35.5. The van der Waals surface area contributed by atoms with Crippen molar-refractivity contribution in [2.75, 3.05) is 24.4 Å². The van der Waals surface area contributed by atoms with Gasteiger partial charge in [-0.15, -0.1) is 0 Å². The topological polar surface area (TPSA) is 89.5 Å². The monoisotopic (exact) mass is 467 g/mol. The molecule has 0 aliphatic carbocycles. The maximum absolute atomic E-state index is 12.4. The van der Waals surface area contributed by atoms with Crippen LogP contribution in [-0.4, -0.2) is 30.5 Å². The van der Waals surface area contributed by atoms with Gasteiger partial charge in [0.15, 0.2) is 11.7 Å². The number of fused-ring (bicyclic) bond motifs is 1. The zero-order valence-corrected chi connectivity index (χ0v) is 18.5. The van der Waals surface area contributed by atoms with Crippen molar-refractivity contribution in [3.63, 3.8) is 0 Å². The Hall–Kier alpha value is -3.62. The molecule has 0 saturated heterocycles. The number of nitrogens with zero attached hydrogens (tertiary/aromatic N) is 1. The Kier molecular flexibility index (Phi) is 6.53. The number of ether oxygens (including phenoxy) is 2. The summed E-state index contributed by atoms with van der Waals surface area (Å²) in [5, 5.41) is 6.61. The molecule has 9 heteroatoms. The van der Waals surface area contributed by atoms with E-state index in [2.05, 4.69) is 15.6 Å². The van der Waals surface area contributed by atoms with E-state index in [0.717, 1.165) is 4.70 Å². The van der Waals surface area contributed by atoms with Crippen LogP contribution in [0.5, 0.6) is 11.5 Å². The highest BCUT2D eigenvalue weighted by molar-refractivity contribution is 7.22. The van der Waals surface area contributed by atoms with Crippen LogP contribution in [-0.2, 0) is 4.79 Å². The standard InChI is InChI=1S/C23H18ClN3O4S/c1-30-18-11-16(25-20(28)13-31-17-9-7-15(24)8-10-17)12-19-21(18)26-23(32-19)27-22(29)14-5-3-2-4-6-14/h2-12H,13H2,1H3,(H,25,28)(H,26,27,29). The number of carbonyl (C=O) groups is 2. The second-order valence-corrected chi connectivity index (χ2v) is 8.12. The summed E-state index contributed by atoms with van der Waals surface area (Å²) in [6, 6.07) is 19.1. The van der Waals surface area contributed by atoms with Gasteiger partial charge < -0.3 is 14.8 Å². The Balaban J connectivity index is 1.47. The van der Waals surface area contributed by atoms with Gasteiger partial charge in [0.2, 0.25) is 0 Å². The lowest BCUT2D eigenvalue weighted by Gasteiger charge is -2.09. The Morgan fingerprint density at radius 2 is 1.78 bits per heavy atom. The molecule has 4 rings (SSSR count). The van der Waals surface area contributed by atoms with E-state index < -0.39 is 0 Å². The summed E-state index contributed by atoms with van der Waals surface area (Å²) in [6.45, 7) is -0.164. The predicted molar refractivity (Wildman–Crippen MR) is 126 cm³/mol. The number of thiazole rings is 1. The highest BCUT2D eigenvalue weighted by Gasteiger charge is 2.15. The third kappa shape index (κ3) is 5.16. The van der Waals surface area contributed by atoms with Gasteiger partial charge in [-0.2, -0.15) is 0 Å². The van der Waals surface area contributed by atoms with Gasteiger partial charge >= 0.3 is 0 Å². The van der Waals surface area contributed by atoms with Crippen molar-refractivity contribution >= 4 is 55.8 Å². The van der Waals surface area contributed by atoms with E-state index in [1.54, 1.807) is 60.7 Å². The Labute approximate surface area is 193 Å². The summed E-state index contributed by atoms with van der Waals surface area (Å²) in [4.78, 5) is 29.2. The summed E-state index contributed by atoms with van der Waals surface area (Å²) < 4.78 is 11.7. The number of benzene rings is 3. The number of anilines is 2. The van der Waals surface area contributed by atoms with Gasteiger partial charge in [0.1, 0.15) is 17.0 Å². The second kappa shape index (κ2) is 9.67. The van der Waals surface area contributed by atoms with Gasteiger partial charge in [-0.1, -0.05) is 41.1 Å². The van der Waals surface area contributed by atoms with Crippen LogP contribution in [0.2, 0.25) is 5.02 Å². The predicted octanol–water partition coefficient (Wildman–Crippen LogP) is 5.23. The van der Waals surface area contributed by atoms with Crippen LogP contribution >= 0.6 is 22.9 Å². The molecule has 0 radical (unpaired) electrons. The molecule has 0 saturated carbocycles. The first kappa shape index (κ1) is 21.6. The SMILES string of the molecule is COc1cc(NC(=O)COc2ccc(Cl)cc2)cc2sc(NC(=O)c3ccccc3)nc12. The number of halogens is 1. The molecular formula is C23H18ClN3O4S. The molecular weight excluding hydrogens is 450 g/mol. The molecule has 1 heterocycles. The highest BCUT2D eigenvalue weighted by Crippen LogP contribution is 2.35. The molecule has 3 aromatic carbocycles. The lowest BCUT2D eigenvalue weighted by Crippen LogP contribution is -2.20. The molecule has 4 aromatic rings. The quantitative estimate of drug-likeness (QED) is 0.388. The van der Waals surface area contributed by atoms with Gasteiger partial charge in [0, 0.05) is 22.3 Å². The molecule has 2 amide bonds. The molecule has 0 spiro atoms. The number of aromatic nitrogens is 1. The average Bonchev–Trinajstić information content (AvgIpc) is 3.21. The van der Waals surface area contributed by atoms with Gasteiger partial charge in [-0.25, -0.2) is 4.98 Å². The van der Waals surface area contributed by atoms with Crippen LogP contribution in [0.4, 0.5) is 10.8 Å². The fraction of sp³-hybridized carbons (Fsp3) is 0.0870. The van der Waals surface area contributed by atoms with Crippen LogP contribution < -0.4 is 20.1 Å². The van der Waals surface area contributed by atoms with Crippen LogP contribution in [0.25, 0.3) is 10.2 Å².